The van der Waals surface area contributed by atoms with Crippen LogP contribution in [0.15, 0.2) is 0 Å². The molecule has 150 valence electrons. The molecular formula is C16H42O6SiZr. The Morgan fingerprint density at radius 3 is 1.38 bits per heavy atom. The Labute approximate surface area is 169 Å². The zero-order chi connectivity index (χ0) is 19.3. The molecule has 24 heavy (non-hydrogen) atoms. The molecule has 2 atom stereocenters. The smallest absolute Gasteiger partial charge is 0.179 e. The van der Waals surface area contributed by atoms with Gasteiger partial charge in [-0.3, -0.25) is 0 Å². The molecule has 0 aromatic heterocycles. The molecule has 0 amide bonds. The normalized spacial score (nSPS) is 12.0. The largest absolute Gasteiger partial charge is 0.433 e. The molecule has 4 N–H and O–H groups in total. The monoisotopic (exact) mass is 448 g/mol. The SMILES string of the molecule is CCCO.CCCO.COCC(C)OCC(C)O.C[Si](C)(C)O.[Zr]. The van der Waals surface area contributed by atoms with Crippen molar-refractivity contribution >= 4 is 8.32 Å². The summed E-state index contributed by atoms with van der Waals surface area (Å²) < 4.78 is 10.00. The topological polar surface area (TPSA) is 99.4 Å². The third-order valence-electron chi connectivity index (χ3n) is 1.47. The Bertz CT molecular complexity index is 178. The van der Waals surface area contributed by atoms with Crippen molar-refractivity contribution in [2.24, 2.45) is 0 Å². The van der Waals surface area contributed by atoms with Crippen LogP contribution in [0.4, 0.5) is 0 Å². The zero-order valence-corrected chi connectivity index (χ0v) is 20.5. The minimum Gasteiger partial charge on any atom is -0.433 e. The first-order valence-electron chi connectivity index (χ1n) is 8.22. The van der Waals surface area contributed by atoms with Crippen LogP contribution < -0.4 is 0 Å². The summed E-state index contributed by atoms with van der Waals surface area (Å²) in [4.78, 5) is 8.66. The number of hydrogen-bond donors (Lipinski definition) is 4. The maximum absolute atomic E-state index is 8.80. The minimum atomic E-state index is -1.61. The first-order chi connectivity index (χ1) is 10.5. The molecule has 0 aliphatic rings. The number of ether oxygens (including phenoxy) is 2. The molecule has 0 aromatic rings. The molecule has 0 saturated carbocycles. The van der Waals surface area contributed by atoms with Crippen LogP contribution in [-0.2, 0) is 35.7 Å². The molecule has 0 heterocycles. The Morgan fingerprint density at radius 1 is 0.917 bits per heavy atom. The maximum atomic E-state index is 8.80. The summed E-state index contributed by atoms with van der Waals surface area (Å²) in [5.74, 6) is 0. The van der Waals surface area contributed by atoms with Gasteiger partial charge in [0.05, 0.1) is 25.4 Å². The number of rotatable bonds is 7. The molecule has 0 aromatic carbocycles. The summed E-state index contributed by atoms with van der Waals surface area (Å²) in [6, 6.07) is 0. The number of aliphatic hydroxyl groups excluding tert-OH is 3. The second-order valence-electron chi connectivity index (χ2n) is 6.07. The predicted molar refractivity (Wildman–Crippen MR) is 99.3 cm³/mol. The first kappa shape index (κ1) is 35.9. The third kappa shape index (κ3) is 92.6. The summed E-state index contributed by atoms with van der Waals surface area (Å²) >= 11 is 0. The van der Waals surface area contributed by atoms with Gasteiger partial charge < -0.3 is 29.6 Å². The van der Waals surface area contributed by atoms with Crippen LogP contribution in [0.1, 0.15) is 40.5 Å². The minimum absolute atomic E-state index is 0. The molecule has 0 spiro atoms. The van der Waals surface area contributed by atoms with Crippen molar-refractivity contribution in [2.75, 3.05) is 33.5 Å². The van der Waals surface area contributed by atoms with Gasteiger partial charge in [-0.25, -0.2) is 0 Å². The zero-order valence-electron chi connectivity index (χ0n) is 17.0. The molecule has 0 radical (unpaired) electrons. The Morgan fingerprint density at radius 2 is 1.21 bits per heavy atom. The van der Waals surface area contributed by atoms with Crippen molar-refractivity contribution in [3.8, 4) is 0 Å². The van der Waals surface area contributed by atoms with Crippen molar-refractivity contribution in [3.63, 3.8) is 0 Å². The Kier molecular flexibility index (Phi) is 42.8. The molecular weight excluding hydrogens is 407 g/mol. The maximum Gasteiger partial charge on any atom is 0.179 e. The van der Waals surface area contributed by atoms with Crippen LogP contribution in [0.5, 0.6) is 0 Å². The molecule has 8 heteroatoms. The molecule has 0 rings (SSSR count). The quantitative estimate of drug-likeness (QED) is 0.444. The number of hydrogen-bond acceptors (Lipinski definition) is 6. The second kappa shape index (κ2) is 28.7. The van der Waals surface area contributed by atoms with Gasteiger partial charge in [0, 0.05) is 46.5 Å². The summed E-state index contributed by atoms with van der Waals surface area (Å²) in [6.07, 6.45) is 1.43. The fourth-order valence-electron chi connectivity index (χ4n) is 0.586. The second-order valence-corrected chi connectivity index (χ2v) is 10.4. The fraction of sp³-hybridized carbons (Fsp3) is 1.00. The summed E-state index contributed by atoms with van der Waals surface area (Å²) in [6.45, 7) is 14.7. The summed E-state index contributed by atoms with van der Waals surface area (Å²) in [5, 5.41) is 24.6. The predicted octanol–water partition coefficient (Wildman–Crippen LogP) is 2.01. The molecule has 0 saturated heterocycles. The van der Waals surface area contributed by atoms with E-state index >= 15 is 0 Å². The molecule has 0 aliphatic heterocycles. The molecule has 2 unspecified atom stereocenters. The van der Waals surface area contributed by atoms with E-state index in [0.717, 1.165) is 12.8 Å². The Balaban J connectivity index is -0.0000000730. The van der Waals surface area contributed by atoms with Gasteiger partial charge >= 0.3 is 0 Å². The van der Waals surface area contributed by atoms with E-state index in [0.29, 0.717) is 26.4 Å². The van der Waals surface area contributed by atoms with E-state index in [1.165, 1.54) is 0 Å². The van der Waals surface area contributed by atoms with E-state index in [4.69, 9.17) is 29.6 Å². The molecule has 6 nitrogen and oxygen atoms in total. The molecule has 0 bridgehead atoms. The van der Waals surface area contributed by atoms with E-state index in [-0.39, 0.29) is 38.4 Å². The first-order valence-corrected chi connectivity index (χ1v) is 11.7. The van der Waals surface area contributed by atoms with E-state index in [1.807, 2.05) is 40.4 Å². The van der Waals surface area contributed by atoms with Crippen molar-refractivity contribution in [2.45, 2.75) is 72.4 Å². The van der Waals surface area contributed by atoms with E-state index < -0.39 is 8.32 Å². The standard InChI is InChI=1S/C7H16O3.C3H10OSi.2C3H8O.Zr/c1-6(8)4-10-7(2)5-9-3;1-5(2,3)4;2*1-2-3-4;/h6-8H,4-5H2,1-3H3;4H,1-3H3;2*4H,2-3H2,1H3;. The Hall–Kier alpha value is 0.860. The summed E-state index contributed by atoms with van der Waals surface area (Å²) in [7, 11) is 0.0161. The number of aliphatic hydroxyl groups is 3. The van der Waals surface area contributed by atoms with E-state index in [9.17, 15) is 0 Å². The van der Waals surface area contributed by atoms with Crippen LogP contribution >= 0.6 is 0 Å². The van der Waals surface area contributed by atoms with E-state index in [2.05, 4.69) is 0 Å². The summed E-state index contributed by atoms with van der Waals surface area (Å²) in [5.41, 5.74) is 0. The van der Waals surface area contributed by atoms with Gasteiger partial charge in [0.2, 0.25) is 0 Å². The van der Waals surface area contributed by atoms with Gasteiger partial charge in [-0.2, -0.15) is 0 Å². The molecule has 0 aliphatic carbocycles. The van der Waals surface area contributed by atoms with Crippen molar-refractivity contribution < 1.29 is 55.8 Å². The molecule has 0 fully saturated rings. The average molecular weight is 450 g/mol. The van der Waals surface area contributed by atoms with Gasteiger partial charge in [-0.15, -0.1) is 0 Å². The van der Waals surface area contributed by atoms with E-state index in [1.54, 1.807) is 14.0 Å². The van der Waals surface area contributed by atoms with Gasteiger partial charge in [0.1, 0.15) is 0 Å². The van der Waals surface area contributed by atoms with Gasteiger partial charge in [-0.1, -0.05) is 13.8 Å². The van der Waals surface area contributed by atoms with Crippen molar-refractivity contribution in [1.82, 2.24) is 0 Å². The average Bonchev–Trinajstić information content (AvgIpc) is 2.44. The van der Waals surface area contributed by atoms with Gasteiger partial charge in [-0.05, 0) is 46.3 Å². The number of methoxy groups -OCH3 is 1. The van der Waals surface area contributed by atoms with Crippen LogP contribution in [0.2, 0.25) is 19.6 Å². The van der Waals surface area contributed by atoms with Gasteiger partial charge in [0.25, 0.3) is 0 Å². The van der Waals surface area contributed by atoms with Crippen LogP contribution in [0.3, 0.4) is 0 Å². The van der Waals surface area contributed by atoms with Crippen LogP contribution in [-0.4, -0.2) is 74.2 Å². The fourth-order valence-corrected chi connectivity index (χ4v) is 0.586. The third-order valence-corrected chi connectivity index (χ3v) is 1.47. The van der Waals surface area contributed by atoms with Crippen molar-refractivity contribution in [3.05, 3.63) is 0 Å². The van der Waals surface area contributed by atoms with Crippen LogP contribution in [0, 0.1) is 0 Å². The van der Waals surface area contributed by atoms with Gasteiger partial charge in [0.15, 0.2) is 8.32 Å². The van der Waals surface area contributed by atoms with Crippen LogP contribution in [0.25, 0.3) is 0 Å². The van der Waals surface area contributed by atoms with Crippen molar-refractivity contribution in [1.29, 1.82) is 0 Å².